The predicted octanol–water partition coefficient (Wildman–Crippen LogP) is 3.24. The number of para-hydroxylation sites is 2. The highest BCUT2D eigenvalue weighted by Crippen LogP contribution is 2.22. The molecule has 0 aliphatic heterocycles. The van der Waals surface area contributed by atoms with E-state index in [0.29, 0.717) is 11.4 Å². The molecule has 2 aromatic carbocycles. The summed E-state index contributed by atoms with van der Waals surface area (Å²) in [6.07, 6.45) is 0. The van der Waals surface area contributed by atoms with Crippen LogP contribution in [0.25, 0.3) is 22.4 Å². The molecule has 19 heavy (non-hydrogen) atoms. The summed E-state index contributed by atoms with van der Waals surface area (Å²) in [4.78, 5) is 18.8. The van der Waals surface area contributed by atoms with E-state index < -0.39 is 5.97 Å². The van der Waals surface area contributed by atoms with Gasteiger partial charge in [0, 0.05) is 5.56 Å². The van der Waals surface area contributed by atoms with Crippen LogP contribution in [0, 0.1) is 6.92 Å². The highest BCUT2D eigenvalue weighted by Gasteiger charge is 2.11. The van der Waals surface area contributed by atoms with Gasteiger partial charge in [-0.2, -0.15) is 0 Å². The number of benzene rings is 2. The molecule has 4 heteroatoms. The summed E-state index contributed by atoms with van der Waals surface area (Å²) in [7, 11) is 0. The molecule has 0 atom stereocenters. The summed E-state index contributed by atoms with van der Waals surface area (Å²) in [5, 5.41) is 9.15. The van der Waals surface area contributed by atoms with Crippen LogP contribution in [-0.2, 0) is 0 Å². The van der Waals surface area contributed by atoms with E-state index in [1.807, 2.05) is 30.3 Å². The molecule has 0 saturated heterocycles. The van der Waals surface area contributed by atoms with Crippen LogP contribution in [0.3, 0.4) is 0 Å². The Labute approximate surface area is 109 Å². The largest absolute Gasteiger partial charge is 0.478 e. The Hall–Kier alpha value is -2.62. The van der Waals surface area contributed by atoms with E-state index >= 15 is 0 Å². The van der Waals surface area contributed by atoms with Gasteiger partial charge < -0.3 is 10.1 Å². The second-order valence-corrected chi connectivity index (χ2v) is 4.44. The van der Waals surface area contributed by atoms with E-state index in [0.717, 1.165) is 22.2 Å². The number of H-pyrrole nitrogens is 1. The van der Waals surface area contributed by atoms with E-state index in [9.17, 15) is 4.79 Å². The molecule has 0 fully saturated rings. The minimum Gasteiger partial charge on any atom is -0.478 e. The summed E-state index contributed by atoms with van der Waals surface area (Å²) >= 11 is 0. The first-order valence-corrected chi connectivity index (χ1v) is 5.94. The topological polar surface area (TPSA) is 66.0 Å². The van der Waals surface area contributed by atoms with Gasteiger partial charge in [0.15, 0.2) is 0 Å². The van der Waals surface area contributed by atoms with Gasteiger partial charge in [0.2, 0.25) is 0 Å². The number of fused-ring (bicyclic) bond motifs is 1. The maximum Gasteiger partial charge on any atom is 0.335 e. The number of aromatic carboxylic acids is 1. The summed E-state index contributed by atoms with van der Waals surface area (Å²) < 4.78 is 0. The van der Waals surface area contributed by atoms with E-state index in [2.05, 4.69) is 9.97 Å². The zero-order chi connectivity index (χ0) is 13.4. The average molecular weight is 252 g/mol. The number of nitrogens with one attached hydrogen (secondary N) is 1. The van der Waals surface area contributed by atoms with Crippen LogP contribution in [0.4, 0.5) is 0 Å². The van der Waals surface area contributed by atoms with Crippen molar-refractivity contribution in [3.05, 3.63) is 53.6 Å². The lowest BCUT2D eigenvalue weighted by Gasteiger charge is -2.03. The minimum atomic E-state index is -0.921. The van der Waals surface area contributed by atoms with Crippen LogP contribution in [0.15, 0.2) is 42.5 Å². The van der Waals surface area contributed by atoms with Gasteiger partial charge in [0.1, 0.15) is 5.82 Å². The Kier molecular flexibility index (Phi) is 2.56. The first-order valence-electron chi connectivity index (χ1n) is 5.94. The Morgan fingerprint density at radius 2 is 2.00 bits per heavy atom. The molecule has 94 valence electrons. The molecule has 3 aromatic rings. The molecule has 0 radical (unpaired) electrons. The molecule has 2 N–H and O–H groups in total. The molecular weight excluding hydrogens is 240 g/mol. The van der Waals surface area contributed by atoms with E-state index in [-0.39, 0.29) is 0 Å². The molecule has 0 unspecified atom stereocenters. The molecule has 0 saturated carbocycles. The molecule has 1 heterocycles. The molecule has 0 amide bonds. The fourth-order valence-corrected chi connectivity index (χ4v) is 2.09. The van der Waals surface area contributed by atoms with E-state index in [1.165, 1.54) is 0 Å². The third-order valence-electron chi connectivity index (χ3n) is 3.13. The molecule has 3 rings (SSSR count). The van der Waals surface area contributed by atoms with Crippen LogP contribution < -0.4 is 0 Å². The van der Waals surface area contributed by atoms with Crippen LogP contribution >= 0.6 is 0 Å². The third-order valence-corrected chi connectivity index (χ3v) is 3.13. The molecule has 4 nitrogen and oxygen atoms in total. The summed E-state index contributed by atoms with van der Waals surface area (Å²) in [6, 6.07) is 13.0. The Bertz CT molecular complexity index is 742. The fourth-order valence-electron chi connectivity index (χ4n) is 2.09. The number of carboxylic acids is 1. The van der Waals surface area contributed by atoms with Crippen LogP contribution in [0.5, 0.6) is 0 Å². The van der Waals surface area contributed by atoms with Crippen molar-refractivity contribution in [2.45, 2.75) is 6.92 Å². The Balaban J connectivity index is 2.16. The molecule has 0 aliphatic rings. The lowest BCUT2D eigenvalue weighted by molar-refractivity contribution is 0.0696. The van der Waals surface area contributed by atoms with Gasteiger partial charge in [0.05, 0.1) is 16.6 Å². The number of hydrogen-bond donors (Lipinski definition) is 2. The van der Waals surface area contributed by atoms with Crippen LogP contribution in [0.1, 0.15) is 15.9 Å². The standard InChI is InChI=1S/C15H12N2O2/c1-9-6-7-10(8-11(9)15(18)19)14-16-12-4-2-3-5-13(12)17-14/h2-8H,1H3,(H,16,17)(H,18,19). The first-order chi connectivity index (χ1) is 9.15. The Morgan fingerprint density at radius 1 is 1.21 bits per heavy atom. The quantitative estimate of drug-likeness (QED) is 0.735. The maximum absolute atomic E-state index is 11.1. The molecule has 0 spiro atoms. The number of imidazole rings is 1. The lowest BCUT2D eigenvalue weighted by Crippen LogP contribution is -1.99. The number of aromatic amines is 1. The number of carboxylic acid groups (broad SMARTS) is 1. The fraction of sp³-hybridized carbons (Fsp3) is 0.0667. The van der Waals surface area contributed by atoms with Crippen molar-refractivity contribution >= 4 is 17.0 Å². The van der Waals surface area contributed by atoms with Crippen LogP contribution in [0.2, 0.25) is 0 Å². The van der Waals surface area contributed by atoms with Gasteiger partial charge in [-0.05, 0) is 30.7 Å². The summed E-state index contributed by atoms with van der Waals surface area (Å²) in [6.45, 7) is 1.78. The van der Waals surface area contributed by atoms with Crippen molar-refractivity contribution in [1.29, 1.82) is 0 Å². The highest BCUT2D eigenvalue weighted by atomic mass is 16.4. The maximum atomic E-state index is 11.1. The lowest BCUT2D eigenvalue weighted by atomic mass is 10.0. The summed E-state index contributed by atoms with van der Waals surface area (Å²) in [5.74, 6) is -0.237. The normalized spacial score (nSPS) is 10.8. The van der Waals surface area contributed by atoms with Crippen molar-refractivity contribution in [3.8, 4) is 11.4 Å². The zero-order valence-electron chi connectivity index (χ0n) is 10.3. The van der Waals surface area contributed by atoms with Gasteiger partial charge in [-0.3, -0.25) is 0 Å². The highest BCUT2D eigenvalue weighted by molar-refractivity contribution is 5.91. The minimum absolute atomic E-state index is 0.304. The first kappa shape index (κ1) is 11.5. The van der Waals surface area contributed by atoms with Crippen molar-refractivity contribution in [3.63, 3.8) is 0 Å². The van der Waals surface area contributed by atoms with Crippen molar-refractivity contribution < 1.29 is 9.90 Å². The monoisotopic (exact) mass is 252 g/mol. The zero-order valence-corrected chi connectivity index (χ0v) is 10.3. The number of carbonyl (C=O) groups is 1. The van der Waals surface area contributed by atoms with E-state index in [4.69, 9.17) is 5.11 Å². The SMILES string of the molecule is Cc1ccc(-c2nc3ccccc3[nH]2)cc1C(=O)O. The van der Waals surface area contributed by atoms with Crippen molar-refractivity contribution in [2.75, 3.05) is 0 Å². The average Bonchev–Trinajstić information content (AvgIpc) is 2.82. The van der Waals surface area contributed by atoms with Crippen molar-refractivity contribution in [2.24, 2.45) is 0 Å². The molecule has 1 aromatic heterocycles. The smallest absolute Gasteiger partial charge is 0.335 e. The van der Waals surface area contributed by atoms with Gasteiger partial charge in [-0.1, -0.05) is 24.3 Å². The van der Waals surface area contributed by atoms with Gasteiger partial charge >= 0.3 is 5.97 Å². The van der Waals surface area contributed by atoms with Gasteiger partial charge in [0.25, 0.3) is 0 Å². The van der Waals surface area contributed by atoms with Crippen LogP contribution in [-0.4, -0.2) is 21.0 Å². The third kappa shape index (κ3) is 1.97. The number of aryl methyl sites for hydroxylation is 1. The molecular formula is C15H12N2O2. The van der Waals surface area contributed by atoms with E-state index in [1.54, 1.807) is 19.1 Å². The molecule has 0 aliphatic carbocycles. The van der Waals surface area contributed by atoms with Crippen molar-refractivity contribution in [1.82, 2.24) is 9.97 Å². The Morgan fingerprint density at radius 3 is 2.74 bits per heavy atom. The second kappa shape index (κ2) is 4.24. The number of rotatable bonds is 2. The van der Waals surface area contributed by atoms with Gasteiger partial charge in [-0.25, -0.2) is 9.78 Å². The predicted molar refractivity (Wildman–Crippen MR) is 73.2 cm³/mol. The number of nitrogens with zero attached hydrogens (tertiary/aromatic N) is 1. The number of aromatic nitrogens is 2. The number of hydrogen-bond acceptors (Lipinski definition) is 2. The summed E-state index contributed by atoms with van der Waals surface area (Å²) in [5.41, 5.74) is 3.63. The molecule has 0 bridgehead atoms. The second-order valence-electron chi connectivity index (χ2n) is 4.44. The van der Waals surface area contributed by atoms with Gasteiger partial charge in [-0.15, -0.1) is 0 Å².